The summed E-state index contributed by atoms with van der Waals surface area (Å²) in [6.45, 7) is 9.58. The van der Waals surface area contributed by atoms with Gasteiger partial charge in [-0.15, -0.1) is 6.58 Å². The molecule has 2 bridgehead atoms. The van der Waals surface area contributed by atoms with E-state index < -0.39 is 29.4 Å². The molecule has 8 nitrogen and oxygen atoms in total. The van der Waals surface area contributed by atoms with Gasteiger partial charge in [-0.25, -0.2) is 0 Å². The van der Waals surface area contributed by atoms with E-state index in [-0.39, 0.29) is 31.1 Å². The molecule has 0 aromatic heterocycles. The van der Waals surface area contributed by atoms with Crippen LogP contribution in [0.25, 0.3) is 0 Å². The fraction of sp³-hybridized carbons (Fsp3) is 0.808. The molecule has 3 saturated heterocycles. The molecule has 0 aliphatic carbocycles. The molecule has 3 heterocycles. The smallest absolute Gasteiger partial charge is 0.312 e. The maximum Gasteiger partial charge on any atom is 0.312 e. The van der Waals surface area contributed by atoms with Crippen LogP contribution >= 0.6 is 0 Å². The van der Waals surface area contributed by atoms with Gasteiger partial charge in [0.1, 0.15) is 11.6 Å². The van der Waals surface area contributed by atoms with Crippen molar-refractivity contribution in [3.63, 3.8) is 0 Å². The number of ether oxygens (including phenoxy) is 2. The second-order valence-corrected chi connectivity index (χ2v) is 9.76. The van der Waals surface area contributed by atoms with Gasteiger partial charge in [-0.05, 0) is 39.0 Å². The van der Waals surface area contributed by atoms with Crippen molar-refractivity contribution in [2.24, 2.45) is 11.8 Å². The fourth-order valence-corrected chi connectivity index (χ4v) is 6.10. The number of carbonyl (C=O) groups is 3. The number of unbranched alkanes of at least 4 members (excludes halogenated alkanes) is 5. The number of nitrogens with zero attached hydrogens (tertiary/aromatic N) is 2. The first-order valence-electron chi connectivity index (χ1n) is 13.1. The molecule has 2 unspecified atom stereocenters. The van der Waals surface area contributed by atoms with Crippen LogP contribution in [-0.4, -0.2) is 83.3 Å². The molecule has 2 amide bonds. The number of carbonyl (C=O) groups excluding carboxylic acids is 3. The lowest BCUT2D eigenvalue weighted by Gasteiger charge is -2.36. The Hall–Kier alpha value is -1.93. The van der Waals surface area contributed by atoms with Crippen LogP contribution in [0.1, 0.15) is 71.6 Å². The van der Waals surface area contributed by atoms with Crippen molar-refractivity contribution >= 4 is 17.8 Å². The molecular formula is C26H42N2O6. The first kappa shape index (κ1) is 26.7. The van der Waals surface area contributed by atoms with Crippen molar-refractivity contribution in [3.05, 3.63) is 12.7 Å². The molecule has 3 rings (SSSR count). The average Bonchev–Trinajstić information content (AvgIpc) is 3.46. The van der Waals surface area contributed by atoms with Gasteiger partial charge in [-0.3, -0.25) is 14.4 Å². The van der Waals surface area contributed by atoms with Crippen LogP contribution in [0.3, 0.4) is 0 Å². The van der Waals surface area contributed by atoms with Crippen LogP contribution in [0, 0.1) is 11.8 Å². The molecule has 192 valence electrons. The zero-order valence-corrected chi connectivity index (χ0v) is 20.9. The molecule has 5 atom stereocenters. The van der Waals surface area contributed by atoms with Gasteiger partial charge < -0.3 is 24.4 Å². The van der Waals surface area contributed by atoms with Crippen molar-refractivity contribution in [3.8, 4) is 0 Å². The lowest BCUT2D eigenvalue weighted by atomic mass is 9.70. The number of hydrogen-bond acceptors (Lipinski definition) is 6. The largest absolute Gasteiger partial charge is 0.466 e. The van der Waals surface area contributed by atoms with Gasteiger partial charge in [0.2, 0.25) is 11.8 Å². The van der Waals surface area contributed by atoms with Crippen LogP contribution < -0.4 is 0 Å². The zero-order valence-electron chi connectivity index (χ0n) is 20.9. The second-order valence-electron chi connectivity index (χ2n) is 9.76. The number of amides is 2. The minimum absolute atomic E-state index is 0.104. The number of likely N-dealkylation sites (tertiary alicyclic amines) is 1. The Bertz CT molecular complexity index is 743. The third kappa shape index (κ3) is 5.03. The summed E-state index contributed by atoms with van der Waals surface area (Å²) in [7, 11) is 0. The Morgan fingerprint density at radius 3 is 2.68 bits per heavy atom. The van der Waals surface area contributed by atoms with E-state index in [1.165, 1.54) is 0 Å². The Kier molecular flexibility index (Phi) is 9.54. The van der Waals surface area contributed by atoms with E-state index >= 15 is 0 Å². The molecule has 3 fully saturated rings. The maximum absolute atomic E-state index is 14.0. The number of hydrogen-bond donors (Lipinski definition) is 1. The molecule has 1 spiro atoms. The van der Waals surface area contributed by atoms with Crippen molar-refractivity contribution < 1.29 is 29.0 Å². The first-order chi connectivity index (χ1) is 16.5. The van der Waals surface area contributed by atoms with Gasteiger partial charge >= 0.3 is 5.97 Å². The van der Waals surface area contributed by atoms with Crippen LogP contribution in [0.4, 0.5) is 0 Å². The van der Waals surface area contributed by atoms with E-state index in [4.69, 9.17) is 14.6 Å². The highest BCUT2D eigenvalue weighted by molar-refractivity contribution is 5.98. The predicted octanol–water partition coefficient (Wildman–Crippen LogP) is 2.68. The monoisotopic (exact) mass is 478 g/mol. The van der Waals surface area contributed by atoms with Crippen LogP contribution in [0.15, 0.2) is 12.7 Å². The predicted molar refractivity (Wildman–Crippen MR) is 128 cm³/mol. The summed E-state index contributed by atoms with van der Waals surface area (Å²) in [5, 5.41) is 9.06. The van der Waals surface area contributed by atoms with Crippen LogP contribution in [0.5, 0.6) is 0 Å². The van der Waals surface area contributed by atoms with E-state index in [0.717, 1.165) is 44.9 Å². The number of aliphatic hydroxyl groups excluding tert-OH is 1. The first-order valence-corrected chi connectivity index (χ1v) is 13.1. The van der Waals surface area contributed by atoms with E-state index in [2.05, 4.69) is 13.5 Å². The Balaban J connectivity index is 1.89. The Morgan fingerprint density at radius 1 is 1.24 bits per heavy atom. The van der Waals surface area contributed by atoms with E-state index in [0.29, 0.717) is 32.5 Å². The summed E-state index contributed by atoms with van der Waals surface area (Å²) < 4.78 is 11.7. The van der Waals surface area contributed by atoms with Crippen molar-refractivity contribution in [1.82, 2.24) is 9.80 Å². The highest BCUT2D eigenvalue weighted by atomic mass is 16.6. The van der Waals surface area contributed by atoms with Gasteiger partial charge in [0, 0.05) is 26.2 Å². The van der Waals surface area contributed by atoms with Crippen molar-refractivity contribution in [1.29, 1.82) is 0 Å². The average molecular weight is 479 g/mol. The number of aliphatic hydroxyl groups is 1. The topological polar surface area (TPSA) is 96.4 Å². The lowest BCUT2D eigenvalue weighted by molar-refractivity contribution is -0.155. The van der Waals surface area contributed by atoms with Gasteiger partial charge in [-0.2, -0.15) is 0 Å². The molecule has 0 radical (unpaired) electrons. The third-order valence-electron chi connectivity index (χ3n) is 7.59. The quantitative estimate of drug-likeness (QED) is 0.221. The molecule has 3 aliphatic rings. The third-order valence-corrected chi connectivity index (χ3v) is 7.59. The normalized spacial score (nSPS) is 29.4. The highest BCUT2D eigenvalue weighted by Gasteiger charge is 2.74. The second kappa shape index (κ2) is 12.2. The Labute approximate surface area is 203 Å². The molecule has 0 saturated carbocycles. The lowest BCUT2D eigenvalue weighted by Crippen LogP contribution is -2.56. The number of esters is 1. The molecule has 1 N–H and O–H groups in total. The van der Waals surface area contributed by atoms with Crippen LogP contribution in [-0.2, 0) is 23.9 Å². The van der Waals surface area contributed by atoms with E-state index in [1.54, 1.807) is 22.8 Å². The minimum atomic E-state index is -0.967. The Morgan fingerprint density at radius 2 is 2.00 bits per heavy atom. The molecule has 8 heteroatoms. The number of rotatable bonds is 15. The van der Waals surface area contributed by atoms with Crippen LogP contribution in [0.2, 0.25) is 0 Å². The van der Waals surface area contributed by atoms with E-state index in [1.807, 2.05) is 0 Å². The standard InChI is InChI=1S/C26H42N2O6/c1-4-7-10-16-27(15-5-2)24(31)22-26-14-13-19(34-26)20(25(32)33-6-3)21(26)23(30)28(22)17-11-8-9-12-18-29/h5,19-22,29H,2,4,6-18H2,1,3H3/t19-,20+,21-,22?,26?/m0/s1. The molecule has 34 heavy (non-hydrogen) atoms. The molecule has 0 aromatic rings. The fourth-order valence-electron chi connectivity index (χ4n) is 6.10. The van der Waals surface area contributed by atoms with E-state index in [9.17, 15) is 14.4 Å². The summed E-state index contributed by atoms with van der Waals surface area (Å²) in [6.07, 6.45) is 8.76. The SMILES string of the molecule is C=CCN(CCCCC)C(=O)C1N(CCCCCCO)C(=O)[C@@H]2[C@H](C(=O)OCC)[C@@H]3CCC12O3. The summed E-state index contributed by atoms with van der Waals surface area (Å²) in [5.74, 6) is -1.98. The summed E-state index contributed by atoms with van der Waals surface area (Å²) in [6, 6.07) is -0.728. The highest BCUT2D eigenvalue weighted by Crippen LogP contribution is 2.58. The minimum Gasteiger partial charge on any atom is -0.466 e. The van der Waals surface area contributed by atoms with Gasteiger partial charge in [0.05, 0.1) is 24.5 Å². The molecular weight excluding hydrogens is 436 g/mol. The molecule has 3 aliphatic heterocycles. The summed E-state index contributed by atoms with van der Waals surface area (Å²) in [5.41, 5.74) is -0.967. The van der Waals surface area contributed by atoms with Gasteiger partial charge in [0.25, 0.3) is 0 Å². The van der Waals surface area contributed by atoms with Crippen molar-refractivity contribution in [2.75, 3.05) is 32.8 Å². The summed E-state index contributed by atoms with van der Waals surface area (Å²) >= 11 is 0. The zero-order chi connectivity index (χ0) is 24.7. The van der Waals surface area contributed by atoms with Gasteiger partial charge in [0.15, 0.2) is 0 Å². The van der Waals surface area contributed by atoms with Crippen molar-refractivity contribution in [2.45, 2.75) is 89.4 Å². The maximum atomic E-state index is 14.0. The van der Waals surface area contributed by atoms with Gasteiger partial charge in [-0.1, -0.05) is 38.7 Å². The molecule has 0 aromatic carbocycles. The number of fused-ring (bicyclic) bond motifs is 1. The summed E-state index contributed by atoms with van der Waals surface area (Å²) in [4.78, 5) is 44.1.